The first kappa shape index (κ1) is 22.2. The predicted octanol–water partition coefficient (Wildman–Crippen LogP) is 4.45. The first-order valence-corrected chi connectivity index (χ1v) is 10.4. The van der Waals surface area contributed by atoms with Crippen molar-refractivity contribution in [3.8, 4) is 11.1 Å². The fraction of sp³-hybridized carbons (Fsp3) is 0.478. The summed E-state index contributed by atoms with van der Waals surface area (Å²) in [5.41, 5.74) is 1.13. The zero-order valence-electron chi connectivity index (χ0n) is 17.0. The molecule has 1 heterocycles. The summed E-state index contributed by atoms with van der Waals surface area (Å²) in [6.45, 7) is 4.30. The molecule has 4 nitrogen and oxygen atoms in total. The van der Waals surface area contributed by atoms with Gasteiger partial charge in [-0.15, -0.1) is 0 Å². The van der Waals surface area contributed by atoms with E-state index in [1.807, 2.05) is 13.0 Å². The Balaban J connectivity index is 2.10. The normalized spacial score (nSPS) is 19.1. The van der Waals surface area contributed by atoms with Gasteiger partial charge in [0.05, 0.1) is 6.61 Å². The summed E-state index contributed by atoms with van der Waals surface area (Å²) < 4.78 is 25.9. The number of rotatable bonds is 8. The average molecular weight is 422 g/mol. The standard InChI is InChI=1S/C23H29ClFNO3/c1-16-8-9-20(25)17(14-16)22-18(6-5-7-19(22)24)23(27,10-3-4-12-28-2)21-15-26-11-13-29-21/h5-9,14,21,26-27H,3-4,10-13,15H2,1-2H3/t21-,23-/m1/s1. The number of methoxy groups -OCH3 is 1. The zero-order valence-corrected chi connectivity index (χ0v) is 17.8. The second-order valence-corrected chi connectivity index (χ2v) is 7.99. The fourth-order valence-corrected chi connectivity index (χ4v) is 4.25. The molecule has 0 amide bonds. The summed E-state index contributed by atoms with van der Waals surface area (Å²) in [6.07, 6.45) is 1.56. The van der Waals surface area contributed by atoms with Crippen molar-refractivity contribution in [2.24, 2.45) is 0 Å². The Labute approximate surface area is 177 Å². The number of ether oxygens (including phenoxy) is 2. The first-order valence-electron chi connectivity index (χ1n) is 10.1. The molecule has 2 aromatic rings. The highest BCUT2D eigenvalue weighted by Gasteiger charge is 2.42. The summed E-state index contributed by atoms with van der Waals surface area (Å²) >= 11 is 6.56. The monoisotopic (exact) mass is 421 g/mol. The Morgan fingerprint density at radius 1 is 1.31 bits per heavy atom. The van der Waals surface area contributed by atoms with Crippen LogP contribution in [0.5, 0.6) is 0 Å². The topological polar surface area (TPSA) is 50.7 Å². The third-order valence-corrected chi connectivity index (χ3v) is 5.80. The summed E-state index contributed by atoms with van der Waals surface area (Å²) in [5, 5.41) is 15.6. The SMILES string of the molecule is COCCCC[C@@](O)(c1cccc(Cl)c1-c1cc(C)ccc1F)[C@H]1CNCCO1. The van der Waals surface area contributed by atoms with E-state index in [4.69, 9.17) is 21.1 Å². The van der Waals surface area contributed by atoms with Gasteiger partial charge in [0.2, 0.25) is 0 Å². The van der Waals surface area contributed by atoms with Crippen LogP contribution in [-0.2, 0) is 15.1 Å². The van der Waals surface area contributed by atoms with Crippen LogP contribution < -0.4 is 5.32 Å². The van der Waals surface area contributed by atoms with E-state index in [-0.39, 0.29) is 5.82 Å². The summed E-state index contributed by atoms with van der Waals surface area (Å²) in [7, 11) is 1.66. The van der Waals surface area contributed by atoms with E-state index in [1.165, 1.54) is 6.07 Å². The van der Waals surface area contributed by atoms with Crippen LogP contribution in [-0.4, -0.2) is 44.6 Å². The third kappa shape index (κ3) is 4.98. The lowest BCUT2D eigenvalue weighted by atomic mass is 9.79. The van der Waals surface area contributed by atoms with Crippen molar-refractivity contribution in [1.82, 2.24) is 5.32 Å². The molecule has 2 aromatic carbocycles. The van der Waals surface area contributed by atoms with Crippen molar-refractivity contribution in [3.63, 3.8) is 0 Å². The van der Waals surface area contributed by atoms with E-state index in [0.717, 1.165) is 24.9 Å². The molecule has 2 N–H and O–H groups in total. The molecule has 0 radical (unpaired) electrons. The molecule has 158 valence electrons. The number of hydrogen-bond donors (Lipinski definition) is 2. The van der Waals surface area contributed by atoms with E-state index in [1.54, 1.807) is 31.4 Å². The molecule has 0 spiro atoms. The van der Waals surface area contributed by atoms with Gasteiger partial charge in [0.1, 0.15) is 17.5 Å². The van der Waals surface area contributed by atoms with Crippen LogP contribution in [0.15, 0.2) is 36.4 Å². The number of morpholine rings is 1. The fourth-order valence-electron chi connectivity index (χ4n) is 3.97. The lowest BCUT2D eigenvalue weighted by Gasteiger charge is -2.40. The average Bonchev–Trinajstić information content (AvgIpc) is 2.73. The Morgan fingerprint density at radius 2 is 2.14 bits per heavy atom. The molecule has 6 heteroatoms. The van der Waals surface area contributed by atoms with Gasteiger partial charge in [-0.2, -0.15) is 0 Å². The van der Waals surface area contributed by atoms with Crippen LogP contribution in [0.3, 0.4) is 0 Å². The van der Waals surface area contributed by atoms with Crippen LogP contribution in [0.2, 0.25) is 5.02 Å². The minimum Gasteiger partial charge on any atom is -0.385 e. The predicted molar refractivity (Wildman–Crippen MR) is 114 cm³/mol. The number of halogens is 2. The molecule has 1 saturated heterocycles. The van der Waals surface area contributed by atoms with Gasteiger partial charge in [0.15, 0.2) is 0 Å². The number of aliphatic hydroxyl groups is 1. The van der Waals surface area contributed by atoms with Crippen molar-refractivity contribution in [2.45, 2.75) is 37.9 Å². The Bertz CT molecular complexity index is 826. The van der Waals surface area contributed by atoms with E-state index >= 15 is 0 Å². The van der Waals surface area contributed by atoms with Gasteiger partial charge in [0.25, 0.3) is 0 Å². The largest absolute Gasteiger partial charge is 0.385 e. The highest BCUT2D eigenvalue weighted by Crippen LogP contribution is 2.43. The highest BCUT2D eigenvalue weighted by molar-refractivity contribution is 6.33. The van der Waals surface area contributed by atoms with Crippen LogP contribution >= 0.6 is 11.6 Å². The van der Waals surface area contributed by atoms with Crippen molar-refractivity contribution in [2.75, 3.05) is 33.4 Å². The van der Waals surface area contributed by atoms with Gasteiger partial charge in [-0.05, 0) is 49.9 Å². The van der Waals surface area contributed by atoms with Crippen LogP contribution in [0.1, 0.15) is 30.4 Å². The second-order valence-electron chi connectivity index (χ2n) is 7.58. The van der Waals surface area contributed by atoms with Crippen molar-refractivity contribution >= 4 is 11.6 Å². The number of benzene rings is 2. The van der Waals surface area contributed by atoms with Crippen molar-refractivity contribution in [1.29, 1.82) is 0 Å². The molecular weight excluding hydrogens is 393 g/mol. The second kappa shape index (κ2) is 10.0. The van der Waals surface area contributed by atoms with Gasteiger partial charge in [-0.25, -0.2) is 4.39 Å². The van der Waals surface area contributed by atoms with E-state index in [2.05, 4.69) is 5.32 Å². The maximum Gasteiger partial charge on any atom is 0.131 e. The minimum absolute atomic E-state index is 0.366. The Morgan fingerprint density at radius 3 is 2.86 bits per heavy atom. The highest BCUT2D eigenvalue weighted by atomic mass is 35.5. The molecule has 0 unspecified atom stereocenters. The quantitative estimate of drug-likeness (QED) is 0.618. The van der Waals surface area contributed by atoms with E-state index < -0.39 is 11.7 Å². The molecule has 1 fully saturated rings. The maximum atomic E-state index is 14.8. The molecule has 1 aliphatic heterocycles. The van der Waals surface area contributed by atoms with Crippen molar-refractivity contribution in [3.05, 3.63) is 58.4 Å². The van der Waals surface area contributed by atoms with Crippen LogP contribution in [0.4, 0.5) is 4.39 Å². The maximum absolute atomic E-state index is 14.8. The lowest BCUT2D eigenvalue weighted by Crippen LogP contribution is -2.51. The zero-order chi connectivity index (χ0) is 20.9. The Kier molecular flexibility index (Phi) is 7.66. The summed E-state index contributed by atoms with van der Waals surface area (Å²) in [6, 6.07) is 10.3. The number of aryl methyl sites for hydroxylation is 1. The molecule has 29 heavy (non-hydrogen) atoms. The molecule has 2 atom stereocenters. The van der Waals surface area contributed by atoms with Gasteiger partial charge < -0.3 is 19.9 Å². The van der Waals surface area contributed by atoms with Gasteiger partial charge in [0, 0.05) is 43.0 Å². The molecule has 0 aliphatic carbocycles. The summed E-state index contributed by atoms with van der Waals surface area (Å²) in [4.78, 5) is 0. The minimum atomic E-state index is -1.31. The van der Waals surface area contributed by atoms with Gasteiger partial charge in [-0.3, -0.25) is 0 Å². The lowest BCUT2D eigenvalue weighted by molar-refractivity contribution is -0.129. The molecule has 0 bridgehead atoms. The summed E-state index contributed by atoms with van der Waals surface area (Å²) in [5.74, 6) is -0.366. The van der Waals surface area contributed by atoms with Gasteiger partial charge >= 0.3 is 0 Å². The molecular formula is C23H29ClFNO3. The smallest absolute Gasteiger partial charge is 0.131 e. The third-order valence-electron chi connectivity index (χ3n) is 5.49. The number of hydrogen-bond acceptors (Lipinski definition) is 4. The first-order chi connectivity index (χ1) is 14.0. The molecule has 3 rings (SSSR count). The van der Waals surface area contributed by atoms with Crippen LogP contribution in [0.25, 0.3) is 11.1 Å². The Hall–Kier alpha value is -1.50. The van der Waals surface area contributed by atoms with E-state index in [0.29, 0.717) is 47.9 Å². The van der Waals surface area contributed by atoms with Crippen LogP contribution in [0, 0.1) is 12.7 Å². The molecule has 0 aromatic heterocycles. The molecule has 1 aliphatic rings. The number of unbranched alkanes of at least 4 members (excludes halogenated alkanes) is 1. The molecule has 0 saturated carbocycles. The number of nitrogens with one attached hydrogen (secondary N) is 1. The van der Waals surface area contributed by atoms with Crippen molar-refractivity contribution < 1.29 is 19.0 Å². The van der Waals surface area contributed by atoms with Gasteiger partial charge in [-0.1, -0.05) is 35.4 Å². The van der Waals surface area contributed by atoms with E-state index in [9.17, 15) is 9.50 Å².